The Kier molecular flexibility index (Phi) is 5.66. The molecule has 0 aromatic heterocycles. The van der Waals surface area contributed by atoms with E-state index >= 15 is 0 Å². The van der Waals surface area contributed by atoms with Crippen molar-refractivity contribution in [2.75, 3.05) is 13.2 Å². The van der Waals surface area contributed by atoms with Gasteiger partial charge in [0, 0.05) is 23.3 Å². The highest BCUT2D eigenvalue weighted by molar-refractivity contribution is 6.31. The van der Waals surface area contributed by atoms with E-state index in [2.05, 4.69) is 18.2 Å². The molecule has 0 amide bonds. The van der Waals surface area contributed by atoms with Gasteiger partial charge in [-0.15, -0.1) is 0 Å². The highest BCUT2D eigenvalue weighted by Gasteiger charge is 2.47. The van der Waals surface area contributed by atoms with E-state index in [4.69, 9.17) is 21.1 Å². The van der Waals surface area contributed by atoms with Gasteiger partial charge in [0.05, 0.1) is 31.5 Å². The minimum Gasteiger partial charge on any atom is -0.494 e. The lowest BCUT2D eigenvalue weighted by Crippen LogP contribution is -2.33. The molecule has 2 aromatic rings. The second kappa shape index (κ2) is 8.03. The molecule has 1 aliphatic carbocycles. The minimum atomic E-state index is -0.462. The molecule has 2 aromatic carbocycles. The first kappa shape index (κ1) is 19.7. The van der Waals surface area contributed by atoms with Crippen LogP contribution in [0, 0.1) is 0 Å². The first-order chi connectivity index (χ1) is 13.6. The van der Waals surface area contributed by atoms with Crippen LogP contribution in [0.15, 0.2) is 42.5 Å². The topological polar surface area (TPSA) is 58.9 Å². The zero-order valence-electron chi connectivity index (χ0n) is 16.1. The Hall–Kier alpha value is -1.59. The molecule has 2 N–H and O–H groups in total. The molecular weight excluding hydrogens is 376 g/mol. The quantitative estimate of drug-likeness (QED) is 0.752. The Morgan fingerprint density at radius 3 is 2.54 bits per heavy atom. The first-order valence-electron chi connectivity index (χ1n) is 10.0. The molecule has 4 nitrogen and oxygen atoms in total. The van der Waals surface area contributed by atoms with E-state index in [-0.39, 0.29) is 24.2 Å². The number of hydrogen-bond donors (Lipinski definition) is 2. The summed E-state index contributed by atoms with van der Waals surface area (Å²) in [4.78, 5) is 0. The van der Waals surface area contributed by atoms with Crippen LogP contribution < -0.4 is 4.74 Å². The van der Waals surface area contributed by atoms with Crippen molar-refractivity contribution in [2.24, 2.45) is 0 Å². The van der Waals surface area contributed by atoms with E-state index < -0.39 is 6.10 Å². The molecule has 1 saturated heterocycles. The summed E-state index contributed by atoms with van der Waals surface area (Å²) in [5.74, 6) is 0.876. The predicted octanol–water partition coefficient (Wildman–Crippen LogP) is 4.39. The van der Waals surface area contributed by atoms with Gasteiger partial charge in [-0.2, -0.15) is 0 Å². The summed E-state index contributed by atoms with van der Waals surface area (Å²) in [7, 11) is 0. The average molecular weight is 403 g/mol. The monoisotopic (exact) mass is 402 g/mol. The fourth-order valence-corrected chi connectivity index (χ4v) is 4.61. The number of hydrogen-bond acceptors (Lipinski definition) is 4. The average Bonchev–Trinajstić information content (AvgIpc) is 3.50. The molecule has 1 aliphatic heterocycles. The van der Waals surface area contributed by atoms with Gasteiger partial charge in [0.1, 0.15) is 5.75 Å². The molecule has 1 heterocycles. The summed E-state index contributed by atoms with van der Waals surface area (Å²) in [6.07, 6.45) is 2.10. The van der Waals surface area contributed by atoms with E-state index in [0.717, 1.165) is 34.7 Å². The van der Waals surface area contributed by atoms with Gasteiger partial charge in [-0.1, -0.05) is 35.9 Å². The Morgan fingerprint density at radius 1 is 1.14 bits per heavy atom. The van der Waals surface area contributed by atoms with Crippen LogP contribution in [0.4, 0.5) is 0 Å². The number of aliphatic hydroxyl groups is 2. The van der Waals surface area contributed by atoms with Crippen LogP contribution in [-0.2, 0) is 10.2 Å². The summed E-state index contributed by atoms with van der Waals surface area (Å²) < 4.78 is 11.6. The minimum absolute atomic E-state index is 0.0680. The second-order valence-corrected chi connectivity index (χ2v) is 8.24. The molecule has 3 unspecified atom stereocenters. The smallest absolute Gasteiger partial charge is 0.119 e. The molecule has 4 rings (SSSR count). The molecule has 0 spiro atoms. The largest absolute Gasteiger partial charge is 0.494 e. The third-order valence-corrected chi connectivity index (χ3v) is 6.26. The maximum absolute atomic E-state index is 10.2. The molecule has 1 saturated carbocycles. The van der Waals surface area contributed by atoms with Crippen LogP contribution in [0.25, 0.3) is 0 Å². The van der Waals surface area contributed by atoms with E-state index in [1.165, 1.54) is 5.56 Å². The fraction of sp³-hybridized carbons (Fsp3) is 0.478. The Bertz CT molecular complexity index is 816. The molecule has 2 aliphatic rings. The Morgan fingerprint density at radius 2 is 1.89 bits per heavy atom. The van der Waals surface area contributed by atoms with Crippen molar-refractivity contribution in [3.63, 3.8) is 0 Å². The fourth-order valence-electron chi connectivity index (χ4n) is 4.31. The van der Waals surface area contributed by atoms with Crippen molar-refractivity contribution < 1.29 is 19.7 Å². The van der Waals surface area contributed by atoms with Gasteiger partial charge in [0.25, 0.3) is 0 Å². The molecule has 28 heavy (non-hydrogen) atoms. The maximum Gasteiger partial charge on any atom is 0.119 e. The molecule has 0 radical (unpaired) electrons. The van der Waals surface area contributed by atoms with Crippen molar-refractivity contribution >= 4 is 11.6 Å². The standard InChI is InChI=1S/C23H27ClO4/c1-2-27-18-6-4-16(5-7-18)23(9-10-23)20-11-15(3-8-21(20)24)22-13-17(26)12-19(14-25)28-22/h3-8,11,17,19,22,25-26H,2,9-10,12-14H2,1H3. The summed E-state index contributed by atoms with van der Waals surface area (Å²) in [5, 5.41) is 20.4. The van der Waals surface area contributed by atoms with Crippen molar-refractivity contribution in [3.05, 3.63) is 64.2 Å². The Balaban J connectivity index is 1.63. The summed E-state index contributed by atoms with van der Waals surface area (Å²) in [6, 6.07) is 14.3. The van der Waals surface area contributed by atoms with Crippen LogP contribution >= 0.6 is 11.6 Å². The predicted molar refractivity (Wildman–Crippen MR) is 109 cm³/mol. The number of aliphatic hydroxyl groups excluding tert-OH is 2. The van der Waals surface area contributed by atoms with Gasteiger partial charge in [0.2, 0.25) is 0 Å². The molecular formula is C23H27ClO4. The molecule has 150 valence electrons. The highest BCUT2D eigenvalue weighted by Crippen LogP contribution is 2.56. The van der Waals surface area contributed by atoms with Crippen molar-refractivity contribution in [3.8, 4) is 5.75 Å². The van der Waals surface area contributed by atoms with Crippen LogP contribution in [0.2, 0.25) is 5.02 Å². The van der Waals surface area contributed by atoms with Gasteiger partial charge in [0.15, 0.2) is 0 Å². The zero-order valence-corrected chi connectivity index (χ0v) is 16.9. The normalized spacial score (nSPS) is 26.1. The van der Waals surface area contributed by atoms with Crippen molar-refractivity contribution in [1.82, 2.24) is 0 Å². The molecule has 2 fully saturated rings. The highest BCUT2D eigenvalue weighted by atomic mass is 35.5. The van der Waals surface area contributed by atoms with Gasteiger partial charge in [-0.3, -0.25) is 0 Å². The van der Waals surface area contributed by atoms with Gasteiger partial charge in [-0.05, 0) is 54.7 Å². The van der Waals surface area contributed by atoms with E-state index in [0.29, 0.717) is 19.4 Å². The lowest BCUT2D eigenvalue weighted by Gasteiger charge is -2.33. The summed E-state index contributed by atoms with van der Waals surface area (Å²) >= 11 is 6.62. The second-order valence-electron chi connectivity index (χ2n) is 7.83. The van der Waals surface area contributed by atoms with E-state index in [9.17, 15) is 10.2 Å². The maximum atomic E-state index is 10.2. The number of ether oxygens (including phenoxy) is 2. The summed E-state index contributed by atoms with van der Waals surface area (Å²) in [6.45, 7) is 2.55. The van der Waals surface area contributed by atoms with Gasteiger partial charge < -0.3 is 19.7 Å². The van der Waals surface area contributed by atoms with Crippen LogP contribution in [0.1, 0.15) is 55.4 Å². The van der Waals surface area contributed by atoms with E-state index in [1.54, 1.807) is 0 Å². The lowest BCUT2D eigenvalue weighted by atomic mass is 9.85. The lowest BCUT2D eigenvalue weighted by molar-refractivity contribution is -0.113. The van der Waals surface area contributed by atoms with E-state index in [1.807, 2.05) is 31.2 Å². The summed E-state index contributed by atoms with van der Waals surface area (Å²) in [5.41, 5.74) is 3.29. The Labute approximate surface area is 171 Å². The first-order valence-corrected chi connectivity index (χ1v) is 10.4. The van der Waals surface area contributed by atoms with Crippen LogP contribution in [0.3, 0.4) is 0 Å². The molecule has 5 heteroatoms. The van der Waals surface area contributed by atoms with Crippen LogP contribution in [0.5, 0.6) is 5.75 Å². The third-order valence-electron chi connectivity index (χ3n) is 5.93. The molecule has 0 bridgehead atoms. The zero-order chi connectivity index (χ0) is 19.7. The number of benzene rings is 2. The molecule has 3 atom stereocenters. The SMILES string of the molecule is CCOc1ccc(C2(c3cc(C4CC(O)CC(CO)O4)ccc3Cl)CC2)cc1. The van der Waals surface area contributed by atoms with Gasteiger partial charge >= 0.3 is 0 Å². The number of rotatable bonds is 6. The third kappa shape index (κ3) is 3.79. The van der Waals surface area contributed by atoms with Gasteiger partial charge in [-0.25, -0.2) is 0 Å². The van der Waals surface area contributed by atoms with Crippen LogP contribution in [-0.4, -0.2) is 35.6 Å². The van der Waals surface area contributed by atoms with Crippen molar-refractivity contribution in [1.29, 1.82) is 0 Å². The number of halogens is 1. The van der Waals surface area contributed by atoms with Crippen molar-refractivity contribution in [2.45, 2.75) is 56.3 Å².